The number of carbonyl (C=O) groups is 1. The van der Waals surface area contributed by atoms with Gasteiger partial charge in [-0.05, 0) is 40.8 Å². The summed E-state index contributed by atoms with van der Waals surface area (Å²) in [6, 6.07) is 5.13. The van der Waals surface area contributed by atoms with Crippen LogP contribution in [0, 0.1) is 3.57 Å². The largest absolute Gasteiger partial charge is 0.351 e. The van der Waals surface area contributed by atoms with Crippen LogP contribution in [-0.2, 0) is 10.8 Å². The van der Waals surface area contributed by atoms with Gasteiger partial charge in [0.15, 0.2) is 0 Å². The first kappa shape index (κ1) is 13.9. The third kappa shape index (κ3) is 4.39. The number of nitrogens with one attached hydrogen (secondary N) is 1. The van der Waals surface area contributed by atoms with Gasteiger partial charge in [0.2, 0.25) is 0 Å². The quantitative estimate of drug-likeness (QED) is 0.824. The van der Waals surface area contributed by atoms with Gasteiger partial charge >= 0.3 is 0 Å². The summed E-state index contributed by atoms with van der Waals surface area (Å²) >= 11 is 8.00. The van der Waals surface area contributed by atoms with Gasteiger partial charge in [-0.2, -0.15) is 0 Å². The summed E-state index contributed by atoms with van der Waals surface area (Å²) in [5, 5.41) is 3.25. The fourth-order valence-corrected chi connectivity index (χ4v) is 1.95. The minimum Gasteiger partial charge on any atom is -0.351 e. The molecule has 16 heavy (non-hydrogen) atoms. The number of amides is 1. The Hall–Kier alpha value is -0.140. The molecule has 0 saturated heterocycles. The second-order valence-electron chi connectivity index (χ2n) is 3.16. The lowest BCUT2D eigenvalue weighted by molar-refractivity contribution is 0.0956. The van der Waals surface area contributed by atoms with Crippen molar-refractivity contribution in [3.63, 3.8) is 0 Å². The fourth-order valence-electron chi connectivity index (χ4n) is 1.05. The highest BCUT2D eigenvalue weighted by atomic mass is 127. The number of halogens is 2. The maximum Gasteiger partial charge on any atom is 0.251 e. The van der Waals surface area contributed by atoms with Gasteiger partial charge in [0, 0.05) is 38.5 Å². The molecule has 0 radical (unpaired) electrons. The van der Waals surface area contributed by atoms with Crippen LogP contribution < -0.4 is 5.32 Å². The Balaban J connectivity index is 2.59. The summed E-state index contributed by atoms with van der Waals surface area (Å²) in [6.07, 6.45) is 1.61. The first-order valence-corrected chi connectivity index (χ1v) is 7.72. The predicted octanol–water partition coefficient (Wildman–Crippen LogP) is 2.05. The second kappa shape index (κ2) is 6.56. The molecule has 0 aliphatic carbocycles. The molecule has 1 rings (SSSR count). The highest BCUT2D eigenvalue weighted by Gasteiger charge is 2.07. The zero-order valence-electron chi connectivity index (χ0n) is 8.63. The number of rotatable bonds is 4. The van der Waals surface area contributed by atoms with Crippen molar-refractivity contribution in [2.75, 3.05) is 18.6 Å². The second-order valence-corrected chi connectivity index (χ2v) is 6.29. The Bertz CT molecular complexity index is 425. The van der Waals surface area contributed by atoms with Crippen LogP contribution in [0.15, 0.2) is 18.2 Å². The number of benzene rings is 1. The van der Waals surface area contributed by atoms with E-state index < -0.39 is 10.8 Å². The molecule has 1 aromatic carbocycles. The van der Waals surface area contributed by atoms with Crippen molar-refractivity contribution in [2.24, 2.45) is 0 Å². The summed E-state index contributed by atoms with van der Waals surface area (Å²) in [7, 11) is -0.888. The number of hydrogen-bond acceptors (Lipinski definition) is 2. The fraction of sp³-hybridized carbons (Fsp3) is 0.300. The highest BCUT2D eigenvalue weighted by Crippen LogP contribution is 2.19. The highest BCUT2D eigenvalue weighted by molar-refractivity contribution is 14.1. The molecular weight excluding hydrogens is 361 g/mol. The molecule has 88 valence electrons. The smallest absolute Gasteiger partial charge is 0.251 e. The van der Waals surface area contributed by atoms with E-state index in [9.17, 15) is 9.00 Å². The van der Waals surface area contributed by atoms with Crippen LogP contribution in [-0.4, -0.2) is 28.7 Å². The Morgan fingerprint density at radius 3 is 2.81 bits per heavy atom. The molecule has 1 N–H and O–H groups in total. The Morgan fingerprint density at radius 1 is 1.56 bits per heavy atom. The molecule has 3 nitrogen and oxygen atoms in total. The van der Waals surface area contributed by atoms with Gasteiger partial charge in [-0.3, -0.25) is 9.00 Å². The third-order valence-corrected chi connectivity index (χ3v) is 4.21. The maximum absolute atomic E-state index is 11.6. The minimum atomic E-state index is -0.888. The Morgan fingerprint density at radius 2 is 2.25 bits per heavy atom. The Labute approximate surface area is 116 Å². The van der Waals surface area contributed by atoms with Gasteiger partial charge < -0.3 is 5.32 Å². The average molecular weight is 372 g/mol. The van der Waals surface area contributed by atoms with Gasteiger partial charge in [-0.25, -0.2) is 0 Å². The molecule has 0 aliphatic rings. The van der Waals surface area contributed by atoms with Crippen LogP contribution in [0.2, 0.25) is 5.02 Å². The molecule has 0 spiro atoms. The van der Waals surface area contributed by atoms with E-state index in [2.05, 4.69) is 27.9 Å². The summed E-state index contributed by atoms with van der Waals surface area (Å²) in [5.41, 5.74) is 0.521. The molecule has 0 aromatic heterocycles. The maximum atomic E-state index is 11.6. The van der Waals surface area contributed by atoms with Gasteiger partial charge in [0.1, 0.15) is 0 Å². The van der Waals surface area contributed by atoms with E-state index in [-0.39, 0.29) is 5.91 Å². The zero-order valence-corrected chi connectivity index (χ0v) is 12.4. The lowest BCUT2D eigenvalue weighted by atomic mass is 10.2. The summed E-state index contributed by atoms with van der Waals surface area (Å²) in [6.45, 7) is 0.408. The molecule has 1 unspecified atom stereocenters. The molecule has 1 aromatic rings. The van der Waals surface area contributed by atoms with Crippen molar-refractivity contribution in [3.8, 4) is 0 Å². The Kier molecular flexibility index (Phi) is 5.71. The van der Waals surface area contributed by atoms with Crippen molar-refractivity contribution in [3.05, 3.63) is 32.4 Å². The predicted molar refractivity (Wildman–Crippen MR) is 75.4 cm³/mol. The SMILES string of the molecule is CS(=O)CCNC(=O)c1ccc(I)c(Cl)c1. The average Bonchev–Trinajstić information content (AvgIpc) is 2.21. The lowest BCUT2D eigenvalue weighted by Gasteiger charge is -2.05. The van der Waals surface area contributed by atoms with Crippen LogP contribution in [0.1, 0.15) is 10.4 Å². The number of carbonyl (C=O) groups excluding carboxylic acids is 1. The summed E-state index contributed by atoms with van der Waals surface area (Å²) in [5.74, 6) is 0.271. The third-order valence-electron chi connectivity index (χ3n) is 1.86. The normalized spacial score (nSPS) is 12.2. The molecule has 6 heteroatoms. The molecule has 1 atom stereocenters. The standard InChI is InChI=1S/C10H11ClINO2S/c1-16(15)5-4-13-10(14)7-2-3-9(12)8(11)6-7/h2-3,6H,4-5H2,1H3,(H,13,14). The van der Waals surface area contributed by atoms with Crippen LogP contribution >= 0.6 is 34.2 Å². The van der Waals surface area contributed by atoms with E-state index >= 15 is 0 Å². The topological polar surface area (TPSA) is 46.2 Å². The van der Waals surface area contributed by atoms with Gasteiger partial charge in [-0.1, -0.05) is 11.6 Å². The molecule has 0 bridgehead atoms. The zero-order chi connectivity index (χ0) is 12.1. The van der Waals surface area contributed by atoms with Crippen LogP contribution in [0.25, 0.3) is 0 Å². The van der Waals surface area contributed by atoms with Gasteiger partial charge in [0.25, 0.3) is 5.91 Å². The van der Waals surface area contributed by atoms with Crippen molar-refractivity contribution in [2.45, 2.75) is 0 Å². The molecular formula is C10H11ClINO2S. The molecule has 0 heterocycles. The number of hydrogen-bond donors (Lipinski definition) is 1. The van der Waals surface area contributed by atoms with E-state index in [0.29, 0.717) is 22.9 Å². The molecule has 1 amide bonds. The van der Waals surface area contributed by atoms with Crippen molar-refractivity contribution >= 4 is 50.9 Å². The van der Waals surface area contributed by atoms with Crippen molar-refractivity contribution in [1.29, 1.82) is 0 Å². The first-order valence-electron chi connectivity index (χ1n) is 4.54. The summed E-state index contributed by atoms with van der Waals surface area (Å²) in [4.78, 5) is 11.6. The minimum absolute atomic E-state index is 0.191. The molecule has 0 saturated carbocycles. The lowest BCUT2D eigenvalue weighted by Crippen LogP contribution is -2.27. The van der Waals surface area contributed by atoms with Crippen LogP contribution in [0.3, 0.4) is 0 Å². The van der Waals surface area contributed by atoms with E-state index in [1.807, 2.05) is 0 Å². The van der Waals surface area contributed by atoms with Crippen molar-refractivity contribution in [1.82, 2.24) is 5.32 Å². The van der Waals surface area contributed by atoms with Crippen LogP contribution in [0.4, 0.5) is 0 Å². The molecule has 0 fully saturated rings. The van der Waals surface area contributed by atoms with Gasteiger partial charge in [0.05, 0.1) is 5.02 Å². The van der Waals surface area contributed by atoms with Crippen molar-refractivity contribution < 1.29 is 9.00 Å². The van der Waals surface area contributed by atoms with Gasteiger partial charge in [-0.15, -0.1) is 0 Å². The first-order chi connectivity index (χ1) is 7.50. The van der Waals surface area contributed by atoms with E-state index in [0.717, 1.165) is 3.57 Å². The molecule has 0 aliphatic heterocycles. The summed E-state index contributed by atoms with van der Waals surface area (Å²) < 4.78 is 11.7. The van der Waals surface area contributed by atoms with E-state index in [1.165, 1.54) is 0 Å². The van der Waals surface area contributed by atoms with E-state index in [1.54, 1.807) is 24.5 Å². The van der Waals surface area contributed by atoms with E-state index in [4.69, 9.17) is 11.6 Å². The van der Waals surface area contributed by atoms with Crippen LogP contribution in [0.5, 0.6) is 0 Å². The monoisotopic (exact) mass is 371 g/mol.